The van der Waals surface area contributed by atoms with Crippen LogP contribution in [0.15, 0.2) is 249 Å². The number of hydrogen-bond acceptors (Lipinski definition) is 0. The number of hydrogen-bond donors (Lipinski definition) is 0. The molecule has 10 aromatic carbocycles. The minimum absolute atomic E-state index is 1.12. The van der Waals surface area contributed by atoms with Crippen molar-refractivity contribution in [1.82, 2.24) is 13.7 Å². The van der Waals surface area contributed by atoms with Crippen LogP contribution < -0.4 is 20.7 Å². The second-order valence-electron chi connectivity index (χ2n) is 16.8. The van der Waals surface area contributed by atoms with Gasteiger partial charge in [-0.1, -0.05) is 200 Å². The Morgan fingerprint density at radius 1 is 0.234 bits per heavy atom. The number of rotatable bonds is 7. The molecule has 0 bridgehead atoms. The van der Waals surface area contributed by atoms with E-state index in [1.54, 1.807) is 0 Å². The second-order valence-corrected chi connectivity index (χ2v) is 20.6. The monoisotopic (exact) mass is 831 g/mol. The minimum Gasteiger partial charge on any atom is -0.307 e. The van der Waals surface area contributed by atoms with Crippen molar-refractivity contribution in [2.75, 3.05) is 0 Å². The van der Waals surface area contributed by atoms with E-state index in [0.29, 0.717) is 0 Å². The molecule has 0 aliphatic heterocycles. The maximum absolute atomic E-state index is 2.78. The van der Waals surface area contributed by atoms with Gasteiger partial charge in [-0.2, -0.15) is 0 Å². The number of aromatic nitrogens is 3. The van der Waals surface area contributed by atoms with E-state index >= 15 is 0 Å². The topological polar surface area (TPSA) is 14.8 Å². The zero-order chi connectivity index (χ0) is 42.2. The van der Waals surface area contributed by atoms with Gasteiger partial charge in [0.1, 0.15) is 0 Å². The Kier molecular flexibility index (Phi) is 8.23. The summed E-state index contributed by atoms with van der Waals surface area (Å²) in [6, 6.07) is 92.2. The molecule has 64 heavy (non-hydrogen) atoms. The zero-order valence-corrected chi connectivity index (χ0v) is 36.0. The molecule has 0 atom stereocenters. The molecule has 0 fully saturated rings. The maximum atomic E-state index is 2.53. The van der Waals surface area contributed by atoms with Gasteiger partial charge in [-0.3, -0.25) is 0 Å². The van der Waals surface area contributed by atoms with E-state index in [1.807, 2.05) is 0 Å². The van der Waals surface area contributed by atoms with Crippen molar-refractivity contribution in [2.24, 2.45) is 0 Å². The fourth-order valence-corrected chi connectivity index (χ4v) is 15.8. The number of para-hydroxylation sites is 6. The van der Waals surface area contributed by atoms with Crippen LogP contribution in [0.5, 0.6) is 0 Å². The van der Waals surface area contributed by atoms with Gasteiger partial charge >= 0.3 is 0 Å². The zero-order valence-electron chi connectivity index (χ0n) is 35.0. The molecule has 3 aromatic heterocycles. The van der Waals surface area contributed by atoms with Crippen LogP contribution in [0.3, 0.4) is 0 Å². The predicted octanol–water partition coefficient (Wildman–Crippen LogP) is 12.4. The molecule has 13 aromatic rings. The Labute approximate surface area is 372 Å². The first-order chi connectivity index (χ1) is 31.8. The highest BCUT2D eigenvalue weighted by Crippen LogP contribution is 2.43. The Morgan fingerprint density at radius 2 is 0.594 bits per heavy atom. The van der Waals surface area contributed by atoms with Gasteiger partial charge in [-0.15, -0.1) is 0 Å². The molecule has 3 nitrogen and oxygen atoms in total. The third-order valence-corrected chi connectivity index (χ3v) is 18.3. The van der Waals surface area contributed by atoms with Crippen molar-refractivity contribution in [3.05, 3.63) is 249 Å². The van der Waals surface area contributed by atoms with Crippen molar-refractivity contribution in [2.45, 2.75) is 0 Å². The lowest BCUT2D eigenvalue weighted by molar-refractivity contribution is 1.11. The van der Waals surface area contributed by atoms with Crippen LogP contribution in [0.4, 0.5) is 0 Å². The van der Waals surface area contributed by atoms with Gasteiger partial charge in [0.2, 0.25) is 0 Å². The lowest BCUT2D eigenvalue weighted by Crippen LogP contribution is -2.74. The molecule has 0 amide bonds. The maximum Gasteiger partial charge on any atom is 0.179 e. The first-order valence-corrected chi connectivity index (χ1v) is 24.1. The summed E-state index contributed by atoms with van der Waals surface area (Å²) in [5, 5.41) is 12.9. The van der Waals surface area contributed by atoms with Crippen molar-refractivity contribution < 1.29 is 0 Å². The third kappa shape index (κ3) is 5.21. The van der Waals surface area contributed by atoms with Gasteiger partial charge in [0.05, 0.1) is 44.5 Å². The van der Waals surface area contributed by atoms with Crippen LogP contribution in [0, 0.1) is 0 Å². The summed E-state index contributed by atoms with van der Waals surface area (Å²) in [5.74, 6) is 0. The largest absolute Gasteiger partial charge is 0.307 e. The van der Waals surface area contributed by atoms with Crippen LogP contribution in [0.2, 0.25) is 0 Å². The van der Waals surface area contributed by atoms with Gasteiger partial charge in [0.15, 0.2) is 8.07 Å². The average molecular weight is 832 g/mol. The molecule has 0 N–H and O–H groups in total. The summed E-state index contributed by atoms with van der Waals surface area (Å²) in [7, 11) is -2.78. The molecule has 0 spiro atoms. The van der Waals surface area contributed by atoms with Crippen LogP contribution in [-0.2, 0) is 0 Å². The summed E-state index contributed by atoms with van der Waals surface area (Å²) < 4.78 is 7.51. The number of fused-ring (bicyclic) bond motifs is 9. The van der Waals surface area contributed by atoms with Crippen molar-refractivity contribution in [3.63, 3.8) is 0 Å². The molecular formula is C60H41N3Si. The predicted molar refractivity (Wildman–Crippen MR) is 273 cm³/mol. The standard InChI is InChI=1S/C60H41N3Si/c1-5-21-42(22-6-1)61-59-50(32-19-37-57(59)62-53-34-16-13-29-47(53)48-30-14-17-35-54(48)62)51-33-20-38-58(60(51)61)63-55-36-18-15-31-49(55)52-41-46(39-40-56(52)63)64(43-23-7-2-8-24-43,44-25-9-3-10-26-44)45-27-11-4-12-28-45/h1-41H. The summed E-state index contributed by atoms with van der Waals surface area (Å²) in [5.41, 5.74) is 10.5. The van der Waals surface area contributed by atoms with Crippen LogP contribution in [0.1, 0.15) is 0 Å². The van der Waals surface area contributed by atoms with Crippen LogP contribution in [-0.4, -0.2) is 21.8 Å². The van der Waals surface area contributed by atoms with Gasteiger partial charge in [0.25, 0.3) is 0 Å². The van der Waals surface area contributed by atoms with E-state index < -0.39 is 8.07 Å². The summed E-state index contributed by atoms with van der Waals surface area (Å²) in [6.45, 7) is 0. The van der Waals surface area contributed by atoms with Crippen molar-refractivity contribution in [3.8, 4) is 17.1 Å². The second kappa shape index (κ2) is 14.5. The Bertz CT molecular complexity index is 3730. The molecule has 300 valence electrons. The van der Waals surface area contributed by atoms with Crippen molar-refractivity contribution in [1.29, 1.82) is 0 Å². The molecule has 0 aliphatic carbocycles. The molecule has 0 saturated heterocycles. The molecule has 0 radical (unpaired) electrons. The molecule has 4 heteroatoms. The van der Waals surface area contributed by atoms with E-state index in [1.165, 1.54) is 86.2 Å². The fraction of sp³-hybridized carbons (Fsp3) is 0. The number of nitrogens with zero attached hydrogens (tertiary/aromatic N) is 3. The molecule has 0 saturated carbocycles. The fourth-order valence-electron chi connectivity index (χ4n) is 11.0. The molecule has 13 rings (SSSR count). The third-order valence-electron chi connectivity index (χ3n) is 13.6. The normalized spacial score (nSPS) is 12.1. The van der Waals surface area contributed by atoms with E-state index in [4.69, 9.17) is 0 Å². The quantitative estimate of drug-likeness (QED) is 0.112. The lowest BCUT2D eigenvalue weighted by Gasteiger charge is -2.34. The lowest BCUT2D eigenvalue weighted by atomic mass is 10.1. The molecule has 0 aliphatic rings. The van der Waals surface area contributed by atoms with E-state index in [2.05, 4.69) is 262 Å². The van der Waals surface area contributed by atoms with Gasteiger partial charge in [-0.05, 0) is 69.3 Å². The highest BCUT2D eigenvalue weighted by atomic mass is 28.3. The Balaban J connectivity index is 1.14. The Morgan fingerprint density at radius 3 is 1.05 bits per heavy atom. The highest BCUT2D eigenvalue weighted by molar-refractivity contribution is 7.20. The summed E-state index contributed by atoms with van der Waals surface area (Å²) >= 11 is 0. The summed E-state index contributed by atoms with van der Waals surface area (Å²) in [4.78, 5) is 0. The van der Waals surface area contributed by atoms with Gasteiger partial charge in [0, 0.05) is 38.0 Å². The van der Waals surface area contributed by atoms with Crippen LogP contribution >= 0.6 is 0 Å². The minimum atomic E-state index is -2.78. The van der Waals surface area contributed by atoms with Crippen molar-refractivity contribution >= 4 is 94.2 Å². The van der Waals surface area contributed by atoms with E-state index in [0.717, 1.165) is 17.1 Å². The first kappa shape index (κ1) is 36.5. The summed E-state index contributed by atoms with van der Waals surface area (Å²) in [6.07, 6.45) is 0. The molecular weight excluding hydrogens is 791 g/mol. The molecule has 0 unspecified atom stereocenters. The highest BCUT2D eigenvalue weighted by Gasteiger charge is 2.41. The Hall–Kier alpha value is -8.18. The molecule has 3 heterocycles. The first-order valence-electron chi connectivity index (χ1n) is 22.1. The van der Waals surface area contributed by atoms with Gasteiger partial charge in [-0.25, -0.2) is 0 Å². The number of benzene rings is 10. The average Bonchev–Trinajstić information content (AvgIpc) is 4.02. The van der Waals surface area contributed by atoms with Crippen LogP contribution in [0.25, 0.3) is 82.5 Å². The van der Waals surface area contributed by atoms with E-state index in [-0.39, 0.29) is 0 Å². The van der Waals surface area contributed by atoms with Gasteiger partial charge < -0.3 is 13.7 Å². The smallest absolute Gasteiger partial charge is 0.179 e. The SMILES string of the molecule is c1ccc(-n2c3c(-n4c5ccccc5c5ccccc54)cccc3c3cccc(-n4c5ccccc5c5cc([Si](c6ccccc6)(c6ccccc6)c6ccccc6)ccc54)c32)cc1. The van der Waals surface area contributed by atoms with E-state index in [9.17, 15) is 0 Å².